The average Bonchev–Trinajstić information content (AvgIpc) is 3.04. The monoisotopic (exact) mass is 342 g/mol. The molecule has 0 radical (unpaired) electrons. The number of carbonyl (C=O) groups is 3. The van der Waals surface area contributed by atoms with E-state index in [1.54, 1.807) is 35.7 Å². The average molecular weight is 342 g/mol. The van der Waals surface area contributed by atoms with Gasteiger partial charge in [0.05, 0.1) is 11.3 Å². The van der Waals surface area contributed by atoms with Gasteiger partial charge in [0.15, 0.2) is 0 Å². The van der Waals surface area contributed by atoms with Crippen LogP contribution in [0.1, 0.15) is 23.2 Å². The first kappa shape index (κ1) is 15.9. The van der Waals surface area contributed by atoms with Gasteiger partial charge in [0.25, 0.3) is 11.8 Å². The Balaban J connectivity index is 1.83. The van der Waals surface area contributed by atoms with Crippen molar-refractivity contribution in [1.82, 2.24) is 0 Å². The molecule has 0 spiro atoms. The standard InChI is InChI=1S/C16H14N4O3S/c17-14(22)11-8-9-24-16(11)18-15(23)12-6-7-13(21)20(19-12)10-4-2-1-3-5-10/h1-5,8-9H,6-7H2,(H2,17,22)(H,18,23). The first-order valence-electron chi connectivity index (χ1n) is 7.20. The molecule has 0 fully saturated rings. The zero-order valence-corrected chi connectivity index (χ0v) is 13.4. The number of hydrogen-bond donors (Lipinski definition) is 2. The van der Waals surface area contributed by atoms with E-state index in [4.69, 9.17) is 5.73 Å². The number of hydrazone groups is 1. The van der Waals surface area contributed by atoms with Crippen molar-refractivity contribution in [1.29, 1.82) is 0 Å². The first-order valence-corrected chi connectivity index (χ1v) is 8.08. The van der Waals surface area contributed by atoms with E-state index >= 15 is 0 Å². The molecule has 7 nitrogen and oxygen atoms in total. The number of para-hydroxylation sites is 1. The van der Waals surface area contributed by atoms with Gasteiger partial charge in [0, 0.05) is 12.8 Å². The van der Waals surface area contributed by atoms with Gasteiger partial charge in [-0.15, -0.1) is 11.3 Å². The summed E-state index contributed by atoms with van der Waals surface area (Å²) in [6, 6.07) is 10.4. The minimum absolute atomic E-state index is 0.174. The van der Waals surface area contributed by atoms with Crippen LogP contribution in [0.15, 0.2) is 46.9 Å². The molecule has 1 aromatic heterocycles. The lowest BCUT2D eigenvalue weighted by Gasteiger charge is -2.23. The minimum Gasteiger partial charge on any atom is -0.366 e. The van der Waals surface area contributed by atoms with E-state index in [2.05, 4.69) is 10.4 Å². The normalized spacial score (nSPS) is 14.2. The van der Waals surface area contributed by atoms with E-state index in [9.17, 15) is 14.4 Å². The number of rotatable bonds is 4. The molecular formula is C16H14N4O3S. The Morgan fingerprint density at radius 1 is 1.17 bits per heavy atom. The van der Waals surface area contributed by atoms with Crippen LogP contribution < -0.4 is 16.1 Å². The van der Waals surface area contributed by atoms with Gasteiger partial charge >= 0.3 is 0 Å². The van der Waals surface area contributed by atoms with E-state index in [1.807, 2.05) is 6.07 Å². The number of hydrogen-bond acceptors (Lipinski definition) is 5. The fraction of sp³-hybridized carbons (Fsp3) is 0.125. The number of thiophene rings is 1. The smallest absolute Gasteiger partial charge is 0.272 e. The number of nitrogens with two attached hydrogens (primary N) is 1. The van der Waals surface area contributed by atoms with E-state index in [0.717, 1.165) is 0 Å². The number of anilines is 2. The zero-order valence-electron chi connectivity index (χ0n) is 12.6. The van der Waals surface area contributed by atoms with Crippen molar-refractivity contribution in [2.75, 3.05) is 10.3 Å². The van der Waals surface area contributed by atoms with Gasteiger partial charge in [-0.25, -0.2) is 5.01 Å². The second-order valence-electron chi connectivity index (χ2n) is 5.07. The van der Waals surface area contributed by atoms with Crippen molar-refractivity contribution in [3.05, 3.63) is 47.3 Å². The largest absolute Gasteiger partial charge is 0.366 e. The summed E-state index contributed by atoms with van der Waals surface area (Å²) in [5.41, 5.74) is 6.34. The lowest BCUT2D eigenvalue weighted by molar-refractivity contribution is -0.118. The van der Waals surface area contributed by atoms with Gasteiger partial charge < -0.3 is 11.1 Å². The summed E-state index contributed by atoms with van der Waals surface area (Å²) in [6.45, 7) is 0. The molecule has 3 amide bonds. The van der Waals surface area contributed by atoms with E-state index in [0.29, 0.717) is 10.7 Å². The molecule has 24 heavy (non-hydrogen) atoms. The lowest BCUT2D eigenvalue weighted by atomic mass is 10.1. The van der Waals surface area contributed by atoms with Crippen LogP contribution in [0.3, 0.4) is 0 Å². The number of primary amides is 1. The maximum atomic E-state index is 12.4. The molecule has 1 aromatic carbocycles. The zero-order chi connectivity index (χ0) is 17.1. The highest BCUT2D eigenvalue weighted by atomic mass is 32.1. The molecule has 122 valence electrons. The van der Waals surface area contributed by atoms with Crippen molar-refractivity contribution >= 4 is 45.5 Å². The highest BCUT2D eigenvalue weighted by molar-refractivity contribution is 7.14. The molecule has 3 rings (SSSR count). The van der Waals surface area contributed by atoms with E-state index in [-0.39, 0.29) is 30.0 Å². The third-order valence-electron chi connectivity index (χ3n) is 3.45. The Hall–Kier alpha value is -3.00. The van der Waals surface area contributed by atoms with E-state index < -0.39 is 11.8 Å². The lowest BCUT2D eigenvalue weighted by Crippen LogP contribution is -2.36. The van der Waals surface area contributed by atoms with Crippen molar-refractivity contribution < 1.29 is 14.4 Å². The fourth-order valence-electron chi connectivity index (χ4n) is 2.26. The highest BCUT2D eigenvalue weighted by Gasteiger charge is 2.26. The second-order valence-corrected chi connectivity index (χ2v) is 5.99. The molecule has 3 N–H and O–H groups in total. The number of amides is 3. The van der Waals surface area contributed by atoms with Crippen LogP contribution in [0.2, 0.25) is 0 Å². The maximum absolute atomic E-state index is 12.4. The Kier molecular flexibility index (Phi) is 4.39. The summed E-state index contributed by atoms with van der Waals surface area (Å²) < 4.78 is 0. The van der Waals surface area contributed by atoms with Crippen LogP contribution in [0.4, 0.5) is 10.7 Å². The molecule has 0 aliphatic carbocycles. The van der Waals surface area contributed by atoms with E-state index in [1.165, 1.54) is 16.3 Å². The summed E-state index contributed by atoms with van der Waals surface area (Å²) in [7, 11) is 0. The molecule has 1 aliphatic heterocycles. The third kappa shape index (κ3) is 3.18. The predicted molar refractivity (Wildman–Crippen MR) is 92.1 cm³/mol. The molecule has 0 atom stereocenters. The Morgan fingerprint density at radius 2 is 1.92 bits per heavy atom. The van der Waals surface area contributed by atoms with Crippen molar-refractivity contribution in [2.45, 2.75) is 12.8 Å². The summed E-state index contributed by atoms with van der Waals surface area (Å²) >= 11 is 1.20. The van der Waals surface area contributed by atoms with Gasteiger partial charge in [0.1, 0.15) is 10.7 Å². The summed E-state index contributed by atoms with van der Waals surface area (Å²) in [5, 5.41) is 10.1. The Labute approximate surface area is 141 Å². The van der Waals surface area contributed by atoms with Gasteiger partial charge in [-0.3, -0.25) is 14.4 Å². The molecular weight excluding hydrogens is 328 g/mol. The van der Waals surface area contributed by atoms with Crippen molar-refractivity contribution in [3.63, 3.8) is 0 Å². The SMILES string of the molecule is NC(=O)c1ccsc1NC(=O)C1=NN(c2ccccc2)C(=O)CC1. The van der Waals surface area contributed by atoms with Crippen molar-refractivity contribution in [2.24, 2.45) is 10.8 Å². The predicted octanol–water partition coefficient (Wildman–Crippen LogP) is 1.97. The van der Waals surface area contributed by atoms with Crippen LogP contribution >= 0.6 is 11.3 Å². The summed E-state index contributed by atoms with van der Waals surface area (Å²) in [6.07, 6.45) is 0.430. The summed E-state index contributed by atoms with van der Waals surface area (Å²) in [4.78, 5) is 35.8. The quantitative estimate of drug-likeness (QED) is 0.887. The first-order chi connectivity index (χ1) is 11.6. The number of carbonyl (C=O) groups excluding carboxylic acids is 3. The van der Waals surface area contributed by atoms with Crippen molar-refractivity contribution in [3.8, 4) is 0 Å². The van der Waals surface area contributed by atoms with Crippen LogP contribution in [0.5, 0.6) is 0 Å². The number of nitrogens with zero attached hydrogens (tertiary/aromatic N) is 2. The van der Waals surface area contributed by atoms with Gasteiger partial charge in [-0.05, 0) is 23.6 Å². The molecule has 2 aromatic rings. The third-order valence-corrected chi connectivity index (χ3v) is 4.28. The van der Waals surface area contributed by atoms with Gasteiger partial charge in [-0.2, -0.15) is 5.10 Å². The second kappa shape index (κ2) is 6.63. The fourth-order valence-corrected chi connectivity index (χ4v) is 3.05. The molecule has 0 saturated carbocycles. The maximum Gasteiger partial charge on any atom is 0.272 e. The highest BCUT2D eigenvalue weighted by Crippen LogP contribution is 2.24. The Morgan fingerprint density at radius 3 is 2.62 bits per heavy atom. The van der Waals surface area contributed by atoms with Crippen LogP contribution in [-0.2, 0) is 9.59 Å². The number of nitrogens with one attached hydrogen (secondary N) is 1. The molecule has 0 unspecified atom stereocenters. The minimum atomic E-state index is -0.613. The number of benzene rings is 1. The van der Waals surface area contributed by atoms with Crippen LogP contribution in [0.25, 0.3) is 0 Å². The topological polar surface area (TPSA) is 105 Å². The Bertz CT molecular complexity index is 829. The van der Waals surface area contributed by atoms with Crippen LogP contribution in [-0.4, -0.2) is 23.4 Å². The summed E-state index contributed by atoms with van der Waals surface area (Å²) in [5.74, 6) is -1.24. The molecule has 0 saturated heterocycles. The van der Waals surface area contributed by atoms with Gasteiger partial charge in [-0.1, -0.05) is 18.2 Å². The van der Waals surface area contributed by atoms with Gasteiger partial charge in [0.2, 0.25) is 5.91 Å². The molecule has 1 aliphatic rings. The molecule has 0 bridgehead atoms. The molecule has 8 heteroatoms. The molecule has 2 heterocycles. The van der Waals surface area contributed by atoms with Crippen LogP contribution in [0, 0.1) is 0 Å².